The molecule has 1 amide bonds. The Morgan fingerprint density at radius 3 is 2.68 bits per heavy atom. The summed E-state index contributed by atoms with van der Waals surface area (Å²) < 4.78 is 5.57. The highest BCUT2D eigenvalue weighted by Gasteiger charge is 2.07. The molecule has 0 fully saturated rings. The van der Waals surface area contributed by atoms with Gasteiger partial charge in [-0.1, -0.05) is 11.6 Å². The number of hydrogen-bond donors (Lipinski definition) is 2. The second kappa shape index (κ2) is 7.29. The van der Waals surface area contributed by atoms with Crippen molar-refractivity contribution in [3.8, 4) is 11.5 Å². The zero-order valence-electron chi connectivity index (χ0n) is 11.5. The number of amides is 1. The predicted molar refractivity (Wildman–Crippen MR) is 88.9 cm³/mol. The van der Waals surface area contributed by atoms with Gasteiger partial charge in [-0.05, 0) is 52.3 Å². The SMILES string of the molecule is COc1cc(Br)c(O)c(C=NNC(=O)c2ccc(Cl)cc2)c1. The van der Waals surface area contributed by atoms with Gasteiger partial charge >= 0.3 is 0 Å². The first-order valence-electron chi connectivity index (χ1n) is 6.16. The molecular weight excluding hydrogens is 372 g/mol. The summed E-state index contributed by atoms with van der Waals surface area (Å²) in [7, 11) is 1.52. The average molecular weight is 384 g/mol. The van der Waals surface area contributed by atoms with Gasteiger partial charge < -0.3 is 9.84 Å². The Balaban J connectivity index is 2.11. The van der Waals surface area contributed by atoms with Crippen molar-refractivity contribution in [3.05, 3.63) is 57.0 Å². The van der Waals surface area contributed by atoms with Crippen LogP contribution in [0.25, 0.3) is 0 Å². The molecule has 0 heterocycles. The zero-order chi connectivity index (χ0) is 16.1. The number of carbonyl (C=O) groups is 1. The maximum atomic E-state index is 11.9. The highest BCUT2D eigenvalue weighted by molar-refractivity contribution is 9.10. The highest BCUT2D eigenvalue weighted by Crippen LogP contribution is 2.31. The lowest BCUT2D eigenvalue weighted by Gasteiger charge is -2.06. The molecule has 0 bridgehead atoms. The van der Waals surface area contributed by atoms with Crippen LogP contribution in [0.15, 0.2) is 46.0 Å². The van der Waals surface area contributed by atoms with Gasteiger partial charge in [0.2, 0.25) is 0 Å². The van der Waals surface area contributed by atoms with E-state index in [0.29, 0.717) is 26.4 Å². The van der Waals surface area contributed by atoms with E-state index >= 15 is 0 Å². The first kappa shape index (κ1) is 16.3. The fourth-order valence-corrected chi connectivity index (χ4v) is 2.22. The number of carbonyl (C=O) groups excluding carboxylic acids is 1. The monoisotopic (exact) mass is 382 g/mol. The van der Waals surface area contributed by atoms with Gasteiger partial charge in [0.25, 0.3) is 5.91 Å². The molecule has 0 aliphatic rings. The van der Waals surface area contributed by atoms with Crippen molar-refractivity contribution in [2.24, 2.45) is 5.10 Å². The topological polar surface area (TPSA) is 70.9 Å². The summed E-state index contributed by atoms with van der Waals surface area (Å²) in [4.78, 5) is 11.9. The molecule has 0 unspecified atom stereocenters. The van der Waals surface area contributed by atoms with Gasteiger partial charge in [-0.15, -0.1) is 0 Å². The van der Waals surface area contributed by atoms with Gasteiger partial charge in [0.05, 0.1) is 17.8 Å². The van der Waals surface area contributed by atoms with E-state index in [9.17, 15) is 9.90 Å². The van der Waals surface area contributed by atoms with Crippen molar-refractivity contribution in [3.63, 3.8) is 0 Å². The number of ether oxygens (including phenoxy) is 1. The Kier molecular flexibility index (Phi) is 5.41. The molecule has 0 saturated heterocycles. The van der Waals surface area contributed by atoms with E-state index in [1.807, 2.05) is 0 Å². The third kappa shape index (κ3) is 3.99. The molecule has 7 heteroatoms. The van der Waals surface area contributed by atoms with Gasteiger partial charge in [0.15, 0.2) is 0 Å². The molecule has 0 aliphatic heterocycles. The van der Waals surface area contributed by atoms with Crippen molar-refractivity contribution in [2.45, 2.75) is 0 Å². The highest BCUT2D eigenvalue weighted by atomic mass is 79.9. The number of benzene rings is 2. The summed E-state index contributed by atoms with van der Waals surface area (Å²) >= 11 is 8.97. The van der Waals surface area contributed by atoms with Crippen LogP contribution in [0.2, 0.25) is 5.02 Å². The average Bonchev–Trinajstić information content (AvgIpc) is 2.51. The first-order chi connectivity index (χ1) is 10.5. The van der Waals surface area contributed by atoms with E-state index in [0.717, 1.165) is 0 Å². The predicted octanol–water partition coefficient (Wildman–Crippen LogP) is 3.58. The molecule has 22 heavy (non-hydrogen) atoms. The maximum Gasteiger partial charge on any atom is 0.271 e. The second-order valence-electron chi connectivity index (χ2n) is 4.25. The van der Waals surface area contributed by atoms with Gasteiger partial charge in [0, 0.05) is 16.1 Å². The Morgan fingerprint density at radius 2 is 2.05 bits per heavy atom. The summed E-state index contributed by atoms with van der Waals surface area (Å²) in [6.45, 7) is 0. The molecule has 2 aromatic rings. The number of halogens is 2. The van der Waals surface area contributed by atoms with Crippen molar-refractivity contribution in [1.29, 1.82) is 0 Å². The third-order valence-corrected chi connectivity index (χ3v) is 3.63. The number of hydrogen-bond acceptors (Lipinski definition) is 4. The van der Waals surface area contributed by atoms with Crippen LogP contribution in [0.3, 0.4) is 0 Å². The Morgan fingerprint density at radius 1 is 1.36 bits per heavy atom. The van der Waals surface area contributed by atoms with Crippen LogP contribution < -0.4 is 10.2 Å². The minimum Gasteiger partial charge on any atom is -0.506 e. The lowest BCUT2D eigenvalue weighted by Crippen LogP contribution is -2.17. The number of rotatable bonds is 4. The normalized spacial score (nSPS) is 10.7. The van der Waals surface area contributed by atoms with Crippen LogP contribution >= 0.6 is 27.5 Å². The lowest BCUT2D eigenvalue weighted by molar-refractivity contribution is 0.0955. The molecule has 5 nitrogen and oxygen atoms in total. The number of hydrazone groups is 1. The first-order valence-corrected chi connectivity index (χ1v) is 7.34. The lowest BCUT2D eigenvalue weighted by atomic mass is 10.2. The molecule has 2 aromatic carbocycles. The molecule has 0 saturated carbocycles. The molecular formula is C15H12BrClN2O3. The fraction of sp³-hybridized carbons (Fsp3) is 0.0667. The van der Waals surface area contributed by atoms with Gasteiger partial charge in [-0.2, -0.15) is 5.10 Å². The van der Waals surface area contributed by atoms with Crippen LogP contribution in [-0.2, 0) is 0 Å². The summed E-state index contributed by atoms with van der Waals surface area (Å²) in [5, 5.41) is 14.3. The summed E-state index contributed by atoms with van der Waals surface area (Å²) in [6, 6.07) is 9.63. The van der Waals surface area contributed by atoms with Crippen molar-refractivity contribution in [1.82, 2.24) is 5.43 Å². The van der Waals surface area contributed by atoms with Crippen molar-refractivity contribution in [2.75, 3.05) is 7.11 Å². The van der Waals surface area contributed by atoms with Crippen LogP contribution in [0.5, 0.6) is 11.5 Å². The third-order valence-electron chi connectivity index (χ3n) is 2.78. The van der Waals surface area contributed by atoms with Gasteiger partial charge in [0.1, 0.15) is 11.5 Å². The summed E-state index contributed by atoms with van der Waals surface area (Å²) in [5.74, 6) is 0.176. The molecule has 0 radical (unpaired) electrons. The van der Waals surface area contributed by atoms with Crippen LogP contribution in [-0.4, -0.2) is 24.3 Å². The molecule has 2 N–H and O–H groups in total. The van der Waals surface area contributed by atoms with Crippen molar-refractivity contribution >= 4 is 39.7 Å². The van der Waals surface area contributed by atoms with Gasteiger partial charge in [-0.3, -0.25) is 4.79 Å². The van der Waals surface area contributed by atoms with E-state index in [-0.39, 0.29) is 11.7 Å². The number of aromatic hydroxyl groups is 1. The Labute approximate surface area is 140 Å². The van der Waals surface area contributed by atoms with E-state index < -0.39 is 0 Å². The fourth-order valence-electron chi connectivity index (χ4n) is 1.64. The molecule has 114 valence electrons. The largest absolute Gasteiger partial charge is 0.506 e. The number of methoxy groups -OCH3 is 1. The minimum absolute atomic E-state index is 0.00490. The zero-order valence-corrected chi connectivity index (χ0v) is 13.9. The molecule has 2 rings (SSSR count). The summed E-state index contributed by atoms with van der Waals surface area (Å²) in [6.07, 6.45) is 1.33. The number of phenolic OH excluding ortho intramolecular Hbond substituents is 1. The Hall–Kier alpha value is -2.05. The van der Waals surface area contributed by atoms with E-state index in [2.05, 4.69) is 26.5 Å². The summed E-state index contributed by atoms with van der Waals surface area (Å²) in [5.41, 5.74) is 3.20. The van der Waals surface area contributed by atoms with E-state index in [1.165, 1.54) is 13.3 Å². The van der Waals surface area contributed by atoms with E-state index in [1.54, 1.807) is 36.4 Å². The number of nitrogens with zero attached hydrogens (tertiary/aromatic N) is 1. The molecule has 0 spiro atoms. The second-order valence-corrected chi connectivity index (χ2v) is 5.54. The van der Waals surface area contributed by atoms with Crippen LogP contribution in [0, 0.1) is 0 Å². The van der Waals surface area contributed by atoms with Crippen LogP contribution in [0.4, 0.5) is 0 Å². The maximum absolute atomic E-state index is 11.9. The number of nitrogens with one attached hydrogen (secondary N) is 1. The smallest absolute Gasteiger partial charge is 0.271 e. The minimum atomic E-state index is -0.380. The standard InChI is InChI=1S/C15H12BrClN2O3/c1-22-12-6-10(14(20)13(16)7-12)8-18-19-15(21)9-2-4-11(17)5-3-9/h2-8,20H,1H3,(H,19,21). The van der Waals surface area contributed by atoms with Gasteiger partial charge in [-0.25, -0.2) is 5.43 Å². The van der Waals surface area contributed by atoms with E-state index in [4.69, 9.17) is 16.3 Å². The Bertz CT molecular complexity index is 717. The molecule has 0 atom stereocenters. The molecule has 0 aromatic heterocycles. The quantitative estimate of drug-likeness (QED) is 0.626. The molecule has 0 aliphatic carbocycles. The van der Waals surface area contributed by atoms with Crippen molar-refractivity contribution < 1.29 is 14.6 Å². The number of phenols is 1. The van der Waals surface area contributed by atoms with Crippen LogP contribution in [0.1, 0.15) is 15.9 Å².